The number of fused-ring (bicyclic) bond motifs is 1. The van der Waals surface area contributed by atoms with E-state index in [4.69, 9.17) is 9.47 Å². The Balaban J connectivity index is 1.27. The summed E-state index contributed by atoms with van der Waals surface area (Å²) < 4.78 is 11.0. The summed E-state index contributed by atoms with van der Waals surface area (Å²) >= 11 is 0. The van der Waals surface area contributed by atoms with E-state index < -0.39 is 11.8 Å². The van der Waals surface area contributed by atoms with Crippen LogP contribution in [0, 0.1) is 0 Å². The van der Waals surface area contributed by atoms with Crippen molar-refractivity contribution in [3.05, 3.63) is 84.4 Å². The highest BCUT2D eigenvalue weighted by molar-refractivity contribution is 6.39. The third-order valence-corrected chi connectivity index (χ3v) is 6.35. The molecule has 0 unspecified atom stereocenters. The summed E-state index contributed by atoms with van der Waals surface area (Å²) in [6.07, 6.45) is 0. The van der Waals surface area contributed by atoms with Gasteiger partial charge in [0.2, 0.25) is 6.79 Å². The van der Waals surface area contributed by atoms with Gasteiger partial charge in [0.05, 0.1) is 6.04 Å². The normalized spacial score (nSPS) is 15.9. The lowest BCUT2D eigenvalue weighted by Gasteiger charge is -2.40. The SMILES string of the molecule is O=C(NC[C@@H](c1ccc2c(c1)OCO2)N1CCN(c2ccccc2)CC1)C(=O)Nc1ccccc1. The van der Waals surface area contributed by atoms with E-state index in [2.05, 4.69) is 32.6 Å². The summed E-state index contributed by atoms with van der Waals surface area (Å²) in [6, 6.07) is 25.1. The van der Waals surface area contributed by atoms with Crippen LogP contribution in [-0.2, 0) is 9.59 Å². The summed E-state index contributed by atoms with van der Waals surface area (Å²) in [5.41, 5.74) is 2.79. The number of ether oxygens (including phenoxy) is 2. The number of rotatable bonds is 6. The molecule has 2 amide bonds. The lowest BCUT2D eigenvalue weighted by Crippen LogP contribution is -2.50. The zero-order valence-electron chi connectivity index (χ0n) is 19.4. The molecule has 0 saturated carbocycles. The molecule has 2 N–H and O–H groups in total. The summed E-state index contributed by atoms with van der Waals surface area (Å²) in [5, 5.41) is 5.47. The maximum Gasteiger partial charge on any atom is 0.313 e. The van der Waals surface area contributed by atoms with Crippen LogP contribution in [0.1, 0.15) is 11.6 Å². The molecule has 0 radical (unpaired) electrons. The number of para-hydroxylation sites is 2. The second-order valence-electron chi connectivity index (χ2n) is 8.52. The number of benzene rings is 3. The molecular formula is C27H28N4O4. The topological polar surface area (TPSA) is 83.1 Å². The summed E-state index contributed by atoms with van der Waals surface area (Å²) in [7, 11) is 0. The minimum atomic E-state index is -0.686. The van der Waals surface area contributed by atoms with Crippen LogP contribution in [-0.4, -0.2) is 56.2 Å². The molecule has 3 aromatic rings. The Bertz CT molecular complexity index is 1160. The molecule has 0 spiro atoms. The Kier molecular flexibility index (Phi) is 6.81. The average Bonchev–Trinajstić information content (AvgIpc) is 3.38. The molecule has 180 valence electrons. The molecule has 8 nitrogen and oxygen atoms in total. The van der Waals surface area contributed by atoms with Crippen molar-refractivity contribution in [1.82, 2.24) is 10.2 Å². The Morgan fingerprint density at radius 3 is 2.23 bits per heavy atom. The smallest absolute Gasteiger partial charge is 0.313 e. The number of carbonyl (C=O) groups excluding carboxylic acids is 2. The summed E-state index contributed by atoms with van der Waals surface area (Å²) in [4.78, 5) is 29.7. The first-order chi connectivity index (χ1) is 17.2. The predicted molar refractivity (Wildman–Crippen MR) is 134 cm³/mol. The van der Waals surface area contributed by atoms with Gasteiger partial charge in [-0.25, -0.2) is 0 Å². The van der Waals surface area contributed by atoms with Crippen molar-refractivity contribution < 1.29 is 19.1 Å². The molecule has 35 heavy (non-hydrogen) atoms. The van der Waals surface area contributed by atoms with E-state index in [1.165, 1.54) is 5.69 Å². The van der Waals surface area contributed by atoms with Crippen molar-refractivity contribution in [1.29, 1.82) is 0 Å². The van der Waals surface area contributed by atoms with Gasteiger partial charge in [-0.2, -0.15) is 0 Å². The third-order valence-electron chi connectivity index (χ3n) is 6.35. The largest absolute Gasteiger partial charge is 0.454 e. The molecule has 2 heterocycles. The van der Waals surface area contributed by atoms with Gasteiger partial charge < -0.3 is 25.0 Å². The van der Waals surface area contributed by atoms with Crippen LogP contribution in [0.4, 0.5) is 11.4 Å². The molecule has 0 aliphatic carbocycles. The van der Waals surface area contributed by atoms with Gasteiger partial charge in [-0.15, -0.1) is 0 Å². The Labute approximate surface area is 204 Å². The zero-order valence-corrected chi connectivity index (χ0v) is 19.4. The molecule has 2 aliphatic rings. The fraction of sp³-hybridized carbons (Fsp3) is 0.259. The number of amides is 2. The number of nitrogens with zero attached hydrogens (tertiary/aromatic N) is 2. The molecule has 1 atom stereocenters. The van der Waals surface area contributed by atoms with Gasteiger partial charge in [-0.3, -0.25) is 14.5 Å². The molecule has 8 heteroatoms. The minimum Gasteiger partial charge on any atom is -0.454 e. The predicted octanol–water partition coefficient (Wildman–Crippen LogP) is 3.03. The van der Waals surface area contributed by atoms with Crippen molar-refractivity contribution in [3.8, 4) is 11.5 Å². The number of hydrogen-bond acceptors (Lipinski definition) is 6. The minimum absolute atomic E-state index is 0.115. The highest BCUT2D eigenvalue weighted by Crippen LogP contribution is 2.35. The van der Waals surface area contributed by atoms with Crippen LogP contribution in [0.2, 0.25) is 0 Å². The standard InChI is InChI=1S/C27H28N4O4/c32-26(27(33)29-21-7-3-1-4-8-21)28-18-23(20-11-12-24-25(17-20)35-19-34-24)31-15-13-30(14-16-31)22-9-5-2-6-10-22/h1-12,17,23H,13-16,18-19H2,(H,28,32)(H,29,33)/t23-/m0/s1. The van der Waals surface area contributed by atoms with E-state index in [1.54, 1.807) is 24.3 Å². The Morgan fingerprint density at radius 1 is 0.800 bits per heavy atom. The second-order valence-corrected chi connectivity index (χ2v) is 8.52. The molecule has 1 saturated heterocycles. The highest BCUT2D eigenvalue weighted by Gasteiger charge is 2.28. The number of carbonyl (C=O) groups is 2. The summed E-state index contributed by atoms with van der Waals surface area (Å²) in [5.74, 6) is 0.0632. The molecule has 2 aliphatic heterocycles. The maximum atomic E-state index is 12.6. The molecule has 0 bridgehead atoms. The van der Waals surface area contributed by atoms with Crippen molar-refractivity contribution in [2.75, 3.05) is 49.7 Å². The van der Waals surface area contributed by atoms with Crippen molar-refractivity contribution in [2.45, 2.75) is 6.04 Å². The van der Waals surface area contributed by atoms with Crippen molar-refractivity contribution >= 4 is 23.2 Å². The number of piperazine rings is 1. The van der Waals surface area contributed by atoms with Crippen LogP contribution in [0.15, 0.2) is 78.9 Å². The van der Waals surface area contributed by atoms with E-state index in [-0.39, 0.29) is 12.8 Å². The van der Waals surface area contributed by atoms with E-state index >= 15 is 0 Å². The van der Waals surface area contributed by atoms with Crippen molar-refractivity contribution in [3.63, 3.8) is 0 Å². The van der Waals surface area contributed by atoms with E-state index in [1.807, 2.05) is 42.5 Å². The van der Waals surface area contributed by atoms with Gasteiger partial charge in [-0.05, 0) is 42.0 Å². The Hall–Kier alpha value is -4.04. The van der Waals surface area contributed by atoms with Gasteiger partial charge in [0, 0.05) is 44.1 Å². The molecular weight excluding hydrogens is 444 g/mol. The summed E-state index contributed by atoms with van der Waals surface area (Å²) in [6.45, 7) is 3.88. The van der Waals surface area contributed by atoms with Gasteiger partial charge in [-0.1, -0.05) is 42.5 Å². The first-order valence-corrected chi connectivity index (χ1v) is 11.8. The van der Waals surface area contributed by atoms with Gasteiger partial charge in [0.15, 0.2) is 11.5 Å². The van der Waals surface area contributed by atoms with E-state index in [0.717, 1.165) is 31.7 Å². The molecule has 0 aromatic heterocycles. The van der Waals surface area contributed by atoms with Gasteiger partial charge in [0.25, 0.3) is 0 Å². The van der Waals surface area contributed by atoms with Crippen LogP contribution in [0.5, 0.6) is 11.5 Å². The molecule has 1 fully saturated rings. The second kappa shape index (κ2) is 10.5. The third kappa shape index (κ3) is 5.38. The average molecular weight is 473 g/mol. The van der Waals surface area contributed by atoms with Crippen LogP contribution < -0.4 is 25.0 Å². The fourth-order valence-corrected chi connectivity index (χ4v) is 4.49. The lowest BCUT2D eigenvalue weighted by molar-refractivity contribution is -0.136. The first kappa shape index (κ1) is 22.7. The maximum absolute atomic E-state index is 12.6. The number of hydrogen-bond donors (Lipinski definition) is 2. The number of anilines is 2. The van der Waals surface area contributed by atoms with Crippen LogP contribution in [0.3, 0.4) is 0 Å². The van der Waals surface area contributed by atoms with Crippen molar-refractivity contribution in [2.24, 2.45) is 0 Å². The van der Waals surface area contributed by atoms with E-state index in [0.29, 0.717) is 23.7 Å². The van der Waals surface area contributed by atoms with Crippen LogP contribution in [0.25, 0.3) is 0 Å². The quantitative estimate of drug-likeness (QED) is 0.537. The van der Waals surface area contributed by atoms with Crippen LogP contribution >= 0.6 is 0 Å². The van der Waals surface area contributed by atoms with Gasteiger partial charge in [0.1, 0.15) is 0 Å². The fourth-order valence-electron chi connectivity index (χ4n) is 4.49. The monoisotopic (exact) mass is 472 g/mol. The zero-order chi connectivity index (χ0) is 24.0. The molecule has 3 aromatic carbocycles. The Morgan fingerprint density at radius 2 is 1.49 bits per heavy atom. The molecule has 5 rings (SSSR count). The lowest BCUT2D eigenvalue weighted by atomic mass is 10.0. The van der Waals surface area contributed by atoms with Gasteiger partial charge >= 0.3 is 11.8 Å². The van der Waals surface area contributed by atoms with E-state index in [9.17, 15) is 9.59 Å². The highest BCUT2D eigenvalue weighted by atomic mass is 16.7. The number of nitrogens with one attached hydrogen (secondary N) is 2. The first-order valence-electron chi connectivity index (χ1n) is 11.8.